The van der Waals surface area contributed by atoms with Crippen molar-refractivity contribution in [1.82, 2.24) is 19.8 Å². The molecule has 2 N–H and O–H groups in total. The summed E-state index contributed by atoms with van der Waals surface area (Å²) in [7, 11) is 0. The fraction of sp³-hybridized carbons (Fsp3) is 0.280. The first-order valence-corrected chi connectivity index (χ1v) is 11.2. The van der Waals surface area contributed by atoms with Crippen LogP contribution in [-0.2, 0) is 29.1 Å². The van der Waals surface area contributed by atoms with Gasteiger partial charge in [-0.25, -0.2) is 4.98 Å². The van der Waals surface area contributed by atoms with E-state index >= 15 is 0 Å². The largest absolute Gasteiger partial charge is 0.550 e. The molecule has 0 radical (unpaired) electrons. The lowest BCUT2D eigenvalue weighted by molar-refractivity contribution is -0.305. The van der Waals surface area contributed by atoms with Crippen LogP contribution in [0.25, 0.3) is 0 Å². The maximum atomic E-state index is 13.1. The molecule has 1 unspecified atom stereocenters. The highest BCUT2D eigenvalue weighted by Gasteiger charge is 2.29. The third-order valence-corrected chi connectivity index (χ3v) is 5.77. The number of rotatable bonds is 9. The predicted octanol–water partition coefficient (Wildman–Crippen LogP) is 0.819. The molecule has 3 aromatic rings. The highest BCUT2D eigenvalue weighted by molar-refractivity contribution is 5.96. The van der Waals surface area contributed by atoms with Gasteiger partial charge in [0, 0.05) is 62.2 Å². The summed E-state index contributed by atoms with van der Waals surface area (Å²) in [6.07, 6.45) is 5.36. The molecule has 0 spiro atoms. The number of hydrogen-bond acceptors (Lipinski definition) is 6. The van der Waals surface area contributed by atoms with E-state index in [0.717, 1.165) is 11.1 Å². The third kappa shape index (κ3) is 5.80. The third-order valence-electron chi connectivity index (χ3n) is 5.77. The van der Waals surface area contributed by atoms with Crippen molar-refractivity contribution in [2.75, 3.05) is 18.4 Å². The van der Waals surface area contributed by atoms with Crippen LogP contribution in [0.1, 0.15) is 27.9 Å². The number of anilines is 1. The average Bonchev–Trinajstić information content (AvgIpc) is 3.31. The molecule has 1 aromatic heterocycles. The Morgan fingerprint density at radius 2 is 1.97 bits per heavy atom. The summed E-state index contributed by atoms with van der Waals surface area (Å²) in [6.45, 7) is 1.79. The molecule has 1 atom stereocenters. The molecule has 0 saturated carbocycles. The molecule has 2 amide bonds. The van der Waals surface area contributed by atoms with Crippen molar-refractivity contribution in [2.45, 2.75) is 32.0 Å². The van der Waals surface area contributed by atoms with Crippen molar-refractivity contribution in [3.05, 3.63) is 83.9 Å². The van der Waals surface area contributed by atoms with E-state index < -0.39 is 18.4 Å². The van der Waals surface area contributed by atoms with Crippen LogP contribution in [0.4, 0.5) is 5.69 Å². The van der Waals surface area contributed by atoms with Crippen LogP contribution in [0, 0.1) is 0 Å². The lowest BCUT2D eigenvalue weighted by Gasteiger charge is -2.25. The molecular formula is C25H26N5O4-. The second kappa shape index (κ2) is 10.7. The van der Waals surface area contributed by atoms with E-state index in [4.69, 9.17) is 0 Å². The van der Waals surface area contributed by atoms with Crippen LogP contribution in [-0.4, -0.2) is 51.4 Å². The number of aliphatic carboxylic acids is 1. The van der Waals surface area contributed by atoms with Gasteiger partial charge in [0.1, 0.15) is 6.04 Å². The Kier molecular flexibility index (Phi) is 7.22. The highest BCUT2D eigenvalue weighted by Crippen LogP contribution is 2.26. The molecule has 0 fully saturated rings. The molecule has 9 heteroatoms. The number of nitrogens with one attached hydrogen (secondary N) is 2. The quantitative estimate of drug-likeness (QED) is 0.488. The monoisotopic (exact) mass is 460 g/mol. The van der Waals surface area contributed by atoms with Crippen LogP contribution < -0.4 is 15.7 Å². The van der Waals surface area contributed by atoms with Crippen LogP contribution in [0.2, 0.25) is 0 Å². The Balaban J connectivity index is 1.48. The van der Waals surface area contributed by atoms with Gasteiger partial charge in [0.25, 0.3) is 5.91 Å². The van der Waals surface area contributed by atoms with Gasteiger partial charge < -0.3 is 30.0 Å². The number of amides is 2. The number of aromatic nitrogens is 2. The number of imidazole rings is 1. The van der Waals surface area contributed by atoms with Gasteiger partial charge in [-0.3, -0.25) is 9.59 Å². The van der Waals surface area contributed by atoms with Crippen molar-refractivity contribution < 1.29 is 19.5 Å². The zero-order chi connectivity index (χ0) is 23.9. The predicted molar refractivity (Wildman–Crippen MR) is 124 cm³/mol. The fourth-order valence-corrected chi connectivity index (χ4v) is 3.97. The minimum absolute atomic E-state index is 0.252. The normalized spacial score (nSPS) is 15.2. The summed E-state index contributed by atoms with van der Waals surface area (Å²) in [6, 6.07) is 14.0. The average molecular weight is 461 g/mol. The van der Waals surface area contributed by atoms with Crippen molar-refractivity contribution >= 4 is 23.5 Å². The van der Waals surface area contributed by atoms with Crippen LogP contribution in [0.3, 0.4) is 0 Å². The number of carbonyl (C=O) groups excluding carboxylic acids is 3. The van der Waals surface area contributed by atoms with Crippen molar-refractivity contribution in [3.63, 3.8) is 0 Å². The zero-order valence-electron chi connectivity index (χ0n) is 18.6. The fourth-order valence-electron chi connectivity index (χ4n) is 3.97. The van der Waals surface area contributed by atoms with Crippen LogP contribution in [0.5, 0.6) is 0 Å². The molecule has 0 bridgehead atoms. The standard InChI is InChI=1S/C25H27N5O4/c31-23(32)15-22-25(34)30(11-8-18-4-2-1-3-5-18)16-20-7-6-19(14-21(20)28-22)24(33)27-10-13-29-12-9-26-17-29/h1-7,9,12,14,17,22,28H,8,10-11,13,15-16H2,(H,27,33)(H,31,32)/p-1. The van der Waals surface area contributed by atoms with Gasteiger partial charge in [0.05, 0.1) is 6.33 Å². The number of carbonyl (C=O) groups is 3. The Morgan fingerprint density at radius 1 is 1.15 bits per heavy atom. The first kappa shape index (κ1) is 23.0. The van der Waals surface area contributed by atoms with Crippen molar-refractivity contribution in [3.8, 4) is 0 Å². The Labute approximate surface area is 197 Å². The number of carboxylic acid groups (broad SMARTS) is 1. The lowest BCUT2D eigenvalue weighted by Crippen LogP contribution is -2.44. The smallest absolute Gasteiger partial charge is 0.251 e. The van der Waals surface area contributed by atoms with E-state index in [1.54, 1.807) is 35.6 Å². The summed E-state index contributed by atoms with van der Waals surface area (Å²) in [5.74, 6) is -1.87. The molecule has 176 valence electrons. The van der Waals surface area contributed by atoms with E-state index in [-0.39, 0.29) is 11.8 Å². The Hall–Kier alpha value is -4.14. The molecule has 4 rings (SSSR count). The summed E-state index contributed by atoms with van der Waals surface area (Å²) in [4.78, 5) is 42.7. The molecule has 1 aliphatic rings. The summed E-state index contributed by atoms with van der Waals surface area (Å²) in [5.41, 5.74) is 2.91. The molecular weight excluding hydrogens is 434 g/mol. The molecule has 2 aromatic carbocycles. The number of carboxylic acids is 1. The second-order valence-electron chi connectivity index (χ2n) is 8.20. The topological polar surface area (TPSA) is 119 Å². The minimum Gasteiger partial charge on any atom is -0.550 e. The van der Waals surface area contributed by atoms with Crippen molar-refractivity contribution in [2.24, 2.45) is 0 Å². The lowest BCUT2D eigenvalue weighted by atomic mass is 10.1. The molecule has 0 saturated heterocycles. The molecule has 1 aliphatic heterocycles. The molecule has 9 nitrogen and oxygen atoms in total. The number of nitrogens with zero attached hydrogens (tertiary/aromatic N) is 3. The number of fused-ring (bicyclic) bond motifs is 1. The first-order valence-electron chi connectivity index (χ1n) is 11.2. The maximum absolute atomic E-state index is 13.1. The van der Waals surface area contributed by atoms with Gasteiger partial charge in [-0.1, -0.05) is 36.4 Å². The molecule has 0 aliphatic carbocycles. The number of hydrogen-bond donors (Lipinski definition) is 2. The van der Waals surface area contributed by atoms with E-state index in [1.807, 2.05) is 41.1 Å². The molecule has 34 heavy (non-hydrogen) atoms. The van der Waals surface area contributed by atoms with Crippen molar-refractivity contribution in [1.29, 1.82) is 0 Å². The minimum atomic E-state index is -1.31. The van der Waals surface area contributed by atoms with E-state index in [9.17, 15) is 19.5 Å². The number of benzene rings is 2. The van der Waals surface area contributed by atoms with Crippen LogP contribution >= 0.6 is 0 Å². The summed E-state index contributed by atoms with van der Waals surface area (Å²) in [5, 5.41) is 17.2. The molecule has 2 heterocycles. The summed E-state index contributed by atoms with van der Waals surface area (Å²) >= 11 is 0. The van der Waals surface area contributed by atoms with Gasteiger partial charge >= 0.3 is 0 Å². The SMILES string of the molecule is O=C([O-])CC1Nc2cc(C(=O)NCCn3ccnc3)ccc2CN(CCc2ccccc2)C1=O. The van der Waals surface area contributed by atoms with Gasteiger partial charge in [-0.15, -0.1) is 0 Å². The maximum Gasteiger partial charge on any atom is 0.251 e. The van der Waals surface area contributed by atoms with Crippen LogP contribution in [0.15, 0.2) is 67.3 Å². The Bertz CT molecular complexity index is 1150. The van der Waals surface area contributed by atoms with E-state index in [1.165, 1.54) is 0 Å². The van der Waals surface area contributed by atoms with Gasteiger partial charge in [0.15, 0.2) is 0 Å². The first-order chi connectivity index (χ1) is 16.5. The summed E-state index contributed by atoms with van der Waals surface area (Å²) < 4.78 is 1.86. The van der Waals surface area contributed by atoms with E-state index in [2.05, 4.69) is 15.6 Å². The van der Waals surface area contributed by atoms with Gasteiger partial charge in [-0.2, -0.15) is 0 Å². The van der Waals surface area contributed by atoms with Gasteiger partial charge in [-0.05, 0) is 29.7 Å². The van der Waals surface area contributed by atoms with Gasteiger partial charge in [0.2, 0.25) is 5.91 Å². The van der Waals surface area contributed by atoms with E-state index in [0.29, 0.717) is 43.9 Å². The second-order valence-corrected chi connectivity index (χ2v) is 8.20. The zero-order valence-corrected chi connectivity index (χ0v) is 18.6. The Morgan fingerprint density at radius 3 is 2.71 bits per heavy atom. The highest BCUT2D eigenvalue weighted by atomic mass is 16.4.